The highest BCUT2D eigenvalue weighted by Crippen LogP contribution is 2.42. The lowest BCUT2D eigenvalue weighted by Gasteiger charge is -2.15. The van der Waals surface area contributed by atoms with Crippen LogP contribution >= 0.6 is 34.8 Å². The van der Waals surface area contributed by atoms with Gasteiger partial charge in [0.25, 0.3) is 5.91 Å². The Bertz CT molecular complexity index is 719. The van der Waals surface area contributed by atoms with Crippen LogP contribution in [0.1, 0.15) is 11.1 Å². The summed E-state index contributed by atoms with van der Waals surface area (Å²) in [4.78, 5) is 11.9. The van der Waals surface area contributed by atoms with E-state index in [1.54, 1.807) is 13.8 Å². The van der Waals surface area contributed by atoms with Crippen molar-refractivity contribution >= 4 is 46.4 Å². The van der Waals surface area contributed by atoms with Crippen molar-refractivity contribution in [1.82, 2.24) is 0 Å². The van der Waals surface area contributed by atoms with Gasteiger partial charge >= 0.3 is 0 Å². The molecule has 23 heavy (non-hydrogen) atoms. The molecule has 0 spiro atoms. The van der Waals surface area contributed by atoms with Crippen LogP contribution in [0.4, 0.5) is 10.1 Å². The number of hydrogen-bond donors (Lipinski definition) is 1. The summed E-state index contributed by atoms with van der Waals surface area (Å²) < 4.78 is 18.2. The van der Waals surface area contributed by atoms with E-state index in [2.05, 4.69) is 5.32 Å². The highest BCUT2D eigenvalue weighted by Gasteiger charge is 2.18. The molecule has 0 radical (unpaired) electrons. The second-order valence-corrected chi connectivity index (χ2v) is 6.00. The molecule has 7 heteroatoms. The Labute approximate surface area is 148 Å². The summed E-state index contributed by atoms with van der Waals surface area (Å²) in [5, 5.41) is 3.57. The molecule has 0 aliphatic carbocycles. The third-order valence-corrected chi connectivity index (χ3v) is 4.67. The van der Waals surface area contributed by atoms with Crippen LogP contribution in [0, 0.1) is 19.7 Å². The summed E-state index contributed by atoms with van der Waals surface area (Å²) in [7, 11) is 0. The number of anilines is 1. The Hall–Kier alpha value is -1.49. The summed E-state index contributed by atoms with van der Waals surface area (Å²) in [5.74, 6) is -0.596. The Balaban J connectivity index is 2.09. The molecule has 1 N–H and O–H groups in total. The average molecular weight is 377 g/mol. The number of nitrogens with one attached hydrogen (secondary N) is 1. The molecule has 2 aromatic carbocycles. The first-order valence-electron chi connectivity index (χ1n) is 6.63. The summed E-state index contributed by atoms with van der Waals surface area (Å²) in [6.07, 6.45) is 0. The molecular weight excluding hydrogens is 364 g/mol. The van der Waals surface area contributed by atoms with Gasteiger partial charge in [0.15, 0.2) is 12.4 Å². The number of halogens is 4. The van der Waals surface area contributed by atoms with Gasteiger partial charge in [-0.2, -0.15) is 0 Å². The second-order valence-electron chi connectivity index (χ2n) is 4.86. The minimum absolute atomic E-state index is 0.210. The van der Waals surface area contributed by atoms with E-state index in [4.69, 9.17) is 39.5 Å². The van der Waals surface area contributed by atoms with E-state index < -0.39 is 5.91 Å². The molecule has 0 aromatic heterocycles. The lowest BCUT2D eigenvalue weighted by molar-refractivity contribution is -0.118. The number of rotatable bonds is 4. The first-order chi connectivity index (χ1) is 10.8. The fraction of sp³-hybridized carbons (Fsp3) is 0.188. The molecule has 0 saturated carbocycles. The number of amides is 1. The monoisotopic (exact) mass is 375 g/mol. The lowest BCUT2D eigenvalue weighted by atomic mass is 10.1. The first kappa shape index (κ1) is 17.9. The van der Waals surface area contributed by atoms with Crippen molar-refractivity contribution in [2.75, 3.05) is 11.9 Å². The van der Waals surface area contributed by atoms with Gasteiger partial charge in [0.05, 0.1) is 10.0 Å². The molecule has 0 aliphatic heterocycles. The Kier molecular flexibility index (Phi) is 5.74. The lowest BCUT2D eigenvalue weighted by Crippen LogP contribution is -2.20. The molecule has 3 nitrogen and oxygen atoms in total. The van der Waals surface area contributed by atoms with Crippen LogP contribution in [-0.4, -0.2) is 12.5 Å². The number of benzene rings is 2. The van der Waals surface area contributed by atoms with Crippen LogP contribution in [0.2, 0.25) is 15.1 Å². The van der Waals surface area contributed by atoms with Gasteiger partial charge in [0, 0.05) is 10.7 Å². The Morgan fingerprint density at radius 1 is 1.04 bits per heavy atom. The normalized spacial score (nSPS) is 10.5. The van der Waals surface area contributed by atoms with Crippen molar-refractivity contribution in [3.63, 3.8) is 0 Å². The van der Waals surface area contributed by atoms with Crippen molar-refractivity contribution < 1.29 is 13.9 Å². The summed E-state index contributed by atoms with van der Waals surface area (Å²) in [6, 6.07) is 5.39. The van der Waals surface area contributed by atoms with E-state index in [0.717, 1.165) is 0 Å². The van der Waals surface area contributed by atoms with E-state index >= 15 is 0 Å². The van der Waals surface area contributed by atoms with Gasteiger partial charge in [0.1, 0.15) is 5.82 Å². The van der Waals surface area contributed by atoms with Crippen LogP contribution in [0.3, 0.4) is 0 Å². The minimum Gasteiger partial charge on any atom is -0.481 e. The third-order valence-electron chi connectivity index (χ3n) is 3.19. The molecule has 0 atom stereocenters. The van der Waals surface area contributed by atoms with E-state index in [9.17, 15) is 9.18 Å². The summed E-state index contributed by atoms with van der Waals surface area (Å²) in [6.45, 7) is 3.18. The van der Waals surface area contributed by atoms with E-state index in [-0.39, 0.29) is 28.2 Å². The zero-order valence-corrected chi connectivity index (χ0v) is 14.6. The topological polar surface area (TPSA) is 38.3 Å². The average Bonchev–Trinajstić information content (AvgIpc) is 2.53. The zero-order chi connectivity index (χ0) is 17.1. The van der Waals surface area contributed by atoms with Crippen molar-refractivity contribution in [3.05, 3.63) is 56.3 Å². The van der Waals surface area contributed by atoms with Gasteiger partial charge < -0.3 is 10.1 Å². The second kappa shape index (κ2) is 7.39. The molecule has 2 rings (SSSR count). The predicted octanol–water partition coefficient (Wildman–Crippen LogP) is 5.42. The van der Waals surface area contributed by atoms with Crippen LogP contribution in [-0.2, 0) is 4.79 Å². The largest absolute Gasteiger partial charge is 0.481 e. The molecule has 2 aromatic rings. The van der Waals surface area contributed by atoms with Gasteiger partial charge in [0.2, 0.25) is 0 Å². The quantitative estimate of drug-likeness (QED) is 0.773. The van der Waals surface area contributed by atoms with Crippen LogP contribution in [0.5, 0.6) is 5.75 Å². The van der Waals surface area contributed by atoms with E-state index in [1.807, 2.05) is 0 Å². The molecule has 0 heterocycles. The molecule has 122 valence electrons. The van der Waals surface area contributed by atoms with Crippen molar-refractivity contribution in [3.8, 4) is 5.75 Å². The van der Waals surface area contributed by atoms with Crippen molar-refractivity contribution in [1.29, 1.82) is 0 Å². The van der Waals surface area contributed by atoms with E-state index in [1.165, 1.54) is 24.3 Å². The minimum atomic E-state index is -0.422. The van der Waals surface area contributed by atoms with Crippen molar-refractivity contribution in [2.45, 2.75) is 13.8 Å². The molecule has 0 fully saturated rings. The van der Waals surface area contributed by atoms with Gasteiger partial charge in [-0.15, -0.1) is 0 Å². The Morgan fingerprint density at radius 2 is 1.57 bits per heavy atom. The molecular formula is C16H13Cl3FNO2. The van der Waals surface area contributed by atoms with Gasteiger partial charge in [-0.25, -0.2) is 4.39 Å². The Morgan fingerprint density at radius 3 is 2.09 bits per heavy atom. The molecule has 0 aliphatic rings. The zero-order valence-electron chi connectivity index (χ0n) is 12.3. The third kappa shape index (κ3) is 4.08. The molecule has 1 amide bonds. The fourth-order valence-corrected chi connectivity index (χ4v) is 2.73. The highest BCUT2D eigenvalue weighted by molar-refractivity contribution is 6.42. The first-order valence-corrected chi connectivity index (χ1v) is 7.76. The predicted molar refractivity (Wildman–Crippen MR) is 91.5 cm³/mol. The van der Waals surface area contributed by atoms with Crippen LogP contribution in [0.25, 0.3) is 0 Å². The summed E-state index contributed by atoms with van der Waals surface area (Å²) >= 11 is 18.4. The van der Waals surface area contributed by atoms with Crippen LogP contribution < -0.4 is 10.1 Å². The maximum absolute atomic E-state index is 12.8. The number of carbonyl (C=O) groups is 1. The fourth-order valence-electron chi connectivity index (χ4n) is 1.91. The van der Waals surface area contributed by atoms with Gasteiger partial charge in [-0.05, 0) is 49.2 Å². The van der Waals surface area contributed by atoms with Crippen LogP contribution in [0.15, 0.2) is 24.3 Å². The summed E-state index contributed by atoms with van der Waals surface area (Å²) in [5.41, 5.74) is 1.72. The maximum atomic E-state index is 12.8. The number of carbonyl (C=O) groups excluding carboxylic acids is 1. The molecule has 0 saturated heterocycles. The SMILES string of the molecule is Cc1c(Cl)c(C)c(Cl)c(OCC(=O)Nc2ccc(F)cc2)c1Cl. The molecule has 0 unspecified atom stereocenters. The standard InChI is InChI=1S/C16H13Cl3FNO2/c1-8-13(17)9(2)15(19)16(14(8)18)23-7-12(22)21-11-5-3-10(20)4-6-11/h3-6H,7H2,1-2H3,(H,21,22). The van der Waals surface area contributed by atoms with Crippen molar-refractivity contribution in [2.24, 2.45) is 0 Å². The maximum Gasteiger partial charge on any atom is 0.262 e. The smallest absolute Gasteiger partial charge is 0.262 e. The van der Waals surface area contributed by atoms with E-state index in [0.29, 0.717) is 21.8 Å². The molecule has 0 bridgehead atoms. The highest BCUT2D eigenvalue weighted by atomic mass is 35.5. The number of hydrogen-bond acceptors (Lipinski definition) is 2. The van der Waals surface area contributed by atoms with Gasteiger partial charge in [-0.3, -0.25) is 4.79 Å². The van der Waals surface area contributed by atoms with Gasteiger partial charge in [-0.1, -0.05) is 34.8 Å². The number of ether oxygens (including phenoxy) is 1.